The van der Waals surface area contributed by atoms with Crippen LogP contribution in [0.5, 0.6) is 17.2 Å². The summed E-state index contributed by atoms with van der Waals surface area (Å²) in [6.45, 7) is 7.02. The van der Waals surface area contributed by atoms with Crippen molar-refractivity contribution in [2.75, 3.05) is 0 Å². The van der Waals surface area contributed by atoms with Crippen LogP contribution in [0.2, 0.25) is 0 Å². The number of rotatable bonds is 10. The van der Waals surface area contributed by atoms with Gasteiger partial charge in [0.15, 0.2) is 0 Å². The fourth-order valence-electron chi connectivity index (χ4n) is 4.25. The highest BCUT2D eigenvalue weighted by molar-refractivity contribution is 5.95. The van der Waals surface area contributed by atoms with Crippen molar-refractivity contribution >= 4 is 23.9 Å². The van der Waals surface area contributed by atoms with E-state index in [2.05, 4.69) is 13.2 Å². The van der Waals surface area contributed by atoms with Crippen LogP contribution in [0.1, 0.15) is 48.9 Å². The summed E-state index contributed by atoms with van der Waals surface area (Å²) in [4.78, 5) is 48.4. The Balaban J connectivity index is 1.26. The van der Waals surface area contributed by atoms with Gasteiger partial charge in [-0.25, -0.2) is 14.4 Å². The monoisotopic (exact) mass is 554 g/mol. The molecule has 0 bridgehead atoms. The lowest BCUT2D eigenvalue weighted by atomic mass is 9.98. The first-order valence-electron chi connectivity index (χ1n) is 13.3. The Labute approximate surface area is 238 Å². The highest BCUT2D eigenvalue weighted by Gasteiger charge is 2.21. The van der Waals surface area contributed by atoms with Gasteiger partial charge in [-0.15, -0.1) is 0 Å². The van der Waals surface area contributed by atoms with Crippen LogP contribution >= 0.6 is 0 Å². The predicted octanol–water partition coefficient (Wildman–Crippen LogP) is 6.39. The zero-order valence-electron chi connectivity index (χ0n) is 22.5. The average molecular weight is 555 g/mol. The van der Waals surface area contributed by atoms with E-state index in [1.807, 2.05) is 0 Å². The van der Waals surface area contributed by atoms with Crippen molar-refractivity contribution in [1.29, 1.82) is 0 Å². The van der Waals surface area contributed by atoms with Gasteiger partial charge < -0.3 is 18.9 Å². The van der Waals surface area contributed by atoms with Gasteiger partial charge in [0.1, 0.15) is 23.4 Å². The largest absolute Gasteiger partial charge is 0.462 e. The highest BCUT2D eigenvalue weighted by atomic mass is 16.6. The molecule has 8 nitrogen and oxygen atoms in total. The lowest BCUT2D eigenvalue weighted by Crippen LogP contribution is -2.22. The van der Waals surface area contributed by atoms with E-state index in [0.717, 1.165) is 49.3 Å². The van der Waals surface area contributed by atoms with Crippen LogP contribution in [-0.4, -0.2) is 30.0 Å². The van der Waals surface area contributed by atoms with Crippen LogP contribution in [0, 0.1) is 0 Å². The third-order valence-electron chi connectivity index (χ3n) is 6.43. The van der Waals surface area contributed by atoms with Gasteiger partial charge in [0, 0.05) is 11.6 Å². The normalized spacial score (nSPS) is 13.0. The maximum atomic E-state index is 12.6. The highest BCUT2D eigenvalue weighted by Crippen LogP contribution is 2.26. The Bertz CT molecular complexity index is 1410. The van der Waals surface area contributed by atoms with E-state index in [1.165, 1.54) is 24.3 Å². The molecule has 3 aromatic carbocycles. The quantitative estimate of drug-likeness (QED) is 0.161. The lowest BCUT2D eigenvalue weighted by Gasteiger charge is -2.21. The molecule has 0 unspecified atom stereocenters. The first-order valence-corrected chi connectivity index (χ1v) is 13.3. The van der Waals surface area contributed by atoms with E-state index in [-0.39, 0.29) is 29.4 Å². The van der Waals surface area contributed by atoms with Gasteiger partial charge >= 0.3 is 23.9 Å². The molecule has 210 valence electrons. The molecular weight excluding hydrogens is 524 g/mol. The summed E-state index contributed by atoms with van der Waals surface area (Å²) < 4.78 is 21.2. The second kappa shape index (κ2) is 13.9. The first-order chi connectivity index (χ1) is 19.8. The lowest BCUT2D eigenvalue weighted by molar-refractivity contribution is -0.150. The molecule has 3 aromatic rings. The van der Waals surface area contributed by atoms with Crippen LogP contribution in [0.15, 0.2) is 97.6 Å². The van der Waals surface area contributed by atoms with Crippen LogP contribution < -0.4 is 14.2 Å². The molecule has 1 saturated carbocycles. The van der Waals surface area contributed by atoms with E-state index in [1.54, 1.807) is 48.5 Å². The summed E-state index contributed by atoms with van der Waals surface area (Å²) in [6.07, 6.45) is 5.65. The molecule has 41 heavy (non-hydrogen) atoms. The second-order valence-electron chi connectivity index (χ2n) is 9.51. The number of esters is 4. The summed E-state index contributed by atoms with van der Waals surface area (Å²) in [5.41, 5.74) is 2.01. The van der Waals surface area contributed by atoms with Gasteiger partial charge in [-0.3, -0.25) is 4.79 Å². The molecule has 0 amide bonds. The van der Waals surface area contributed by atoms with Crippen molar-refractivity contribution in [2.45, 2.75) is 44.6 Å². The summed E-state index contributed by atoms with van der Waals surface area (Å²) >= 11 is 0. The molecule has 0 N–H and O–H groups in total. The number of hydrogen-bond donors (Lipinski definition) is 0. The van der Waals surface area contributed by atoms with Gasteiger partial charge in [0.2, 0.25) is 0 Å². The first kappa shape index (κ1) is 29.0. The topological polar surface area (TPSA) is 105 Å². The Kier molecular flexibility index (Phi) is 9.83. The molecule has 0 saturated heterocycles. The molecule has 1 fully saturated rings. The number of carbonyl (C=O) groups excluding carboxylic acids is 4. The zero-order valence-corrected chi connectivity index (χ0v) is 22.5. The number of carbonyl (C=O) groups is 4. The van der Waals surface area contributed by atoms with Gasteiger partial charge in [-0.1, -0.05) is 43.8 Å². The van der Waals surface area contributed by atoms with Crippen LogP contribution in [0.4, 0.5) is 0 Å². The molecule has 0 heterocycles. The standard InChI is InChI=1S/C33H30O8/c1-3-30(34)38-27-15-9-23(10-16-27)24-11-17-29(18-12-24)41-33(37)25-13-19-28(20-14-25)40-32(36)22(2)21-31(35)39-26-7-5-4-6-8-26/h3,9-20,26H,1-2,4-8,21H2. The summed E-state index contributed by atoms with van der Waals surface area (Å²) in [6, 6.07) is 19.8. The Morgan fingerprint density at radius 2 is 1.22 bits per heavy atom. The average Bonchev–Trinajstić information content (AvgIpc) is 2.98. The molecule has 0 aromatic heterocycles. The summed E-state index contributed by atoms with van der Waals surface area (Å²) in [7, 11) is 0. The van der Waals surface area contributed by atoms with E-state index in [4.69, 9.17) is 18.9 Å². The van der Waals surface area contributed by atoms with Crippen molar-refractivity contribution in [1.82, 2.24) is 0 Å². The number of hydrogen-bond acceptors (Lipinski definition) is 8. The minimum atomic E-state index is -0.742. The van der Waals surface area contributed by atoms with Crippen molar-refractivity contribution < 1.29 is 38.1 Å². The minimum Gasteiger partial charge on any atom is -0.462 e. The number of ether oxygens (including phenoxy) is 4. The third-order valence-corrected chi connectivity index (χ3v) is 6.43. The predicted molar refractivity (Wildman–Crippen MR) is 151 cm³/mol. The van der Waals surface area contributed by atoms with E-state index >= 15 is 0 Å². The molecule has 1 aliphatic carbocycles. The van der Waals surface area contributed by atoms with E-state index < -0.39 is 23.9 Å². The van der Waals surface area contributed by atoms with Crippen molar-refractivity contribution in [3.8, 4) is 28.4 Å². The maximum absolute atomic E-state index is 12.6. The molecule has 4 rings (SSSR count). The molecule has 0 spiro atoms. The SMILES string of the molecule is C=CC(=O)Oc1ccc(-c2ccc(OC(=O)c3ccc(OC(=O)C(=C)CC(=O)OC4CCCCC4)cc3)cc2)cc1. The molecule has 0 aliphatic heterocycles. The zero-order chi connectivity index (χ0) is 29.2. The Morgan fingerprint density at radius 1 is 0.707 bits per heavy atom. The molecule has 1 aliphatic rings. The second-order valence-corrected chi connectivity index (χ2v) is 9.51. The molecule has 0 atom stereocenters. The Hall–Kier alpha value is -4.98. The fraction of sp³-hybridized carbons (Fsp3) is 0.212. The van der Waals surface area contributed by atoms with Crippen LogP contribution in [0.25, 0.3) is 11.1 Å². The van der Waals surface area contributed by atoms with E-state index in [0.29, 0.717) is 11.5 Å². The van der Waals surface area contributed by atoms with Gasteiger partial charge in [-0.05, 0) is 85.3 Å². The van der Waals surface area contributed by atoms with E-state index in [9.17, 15) is 19.2 Å². The smallest absolute Gasteiger partial charge is 0.343 e. The fourth-order valence-corrected chi connectivity index (χ4v) is 4.25. The summed E-state index contributed by atoms with van der Waals surface area (Å²) in [5, 5.41) is 0. The molecule has 8 heteroatoms. The van der Waals surface area contributed by atoms with Gasteiger partial charge in [-0.2, -0.15) is 0 Å². The maximum Gasteiger partial charge on any atom is 0.343 e. The minimum absolute atomic E-state index is 0.00943. The van der Waals surface area contributed by atoms with Gasteiger partial charge in [0.25, 0.3) is 0 Å². The van der Waals surface area contributed by atoms with Crippen molar-refractivity contribution in [3.63, 3.8) is 0 Å². The Morgan fingerprint density at radius 3 is 1.78 bits per heavy atom. The van der Waals surface area contributed by atoms with Crippen molar-refractivity contribution in [3.05, 3.63) is 103 Å². The molecule has 0 radical (unpaired) electrons. The molecular formula is C33H30O8. The van der Waals surface area contributed by atoms with Gasteiger partial charge in [0.05, 0.1) is 12.0 Å². The third kappa shape index (κ3) is 8.50. The summed E-state index contributed by atoms with van der Waals surface area (Å²) in [5.74, 6) is -1.40. The van der Waals surface area contributed by atoms with Crippen LogP contribution in [-0.2, 0) is 19.1 Å². The van der Waals surface area contributed by atoms with Crippen LogP contribution in [0.3, 0.4) is 0 Å². The van der Waals surface area contributed by atoms with Crippen molar-refractivity contribution in [2.24, 2.45) is 0 Å². The number of benzene rings is 3.